The van der Waals surface area contributed by atoms with Gasteiger partial charge in [0.25, 0.3) is 0 Å². The third-order valence-corrected chi connectivity index (χ3v) is 3.97. The minimum Gasteiger partial charge on any atom is -0.507 e. The smallest absolute Gasteiger partial charge is 0.200 e. The molecule has 0 saturated heterocycles. The summed E-state index contributed by atoms with van der Waals surface area (Å²) < 4.78 is 5.62. The molecule has 0 aliphatic carbocycles. The quantitative estimate of drug-likeness (QED) is 0.554. The molecule has 0 saturated carbocycles. The first-order valence-corrected chi connectivity index (χ1v) is 7.20. The van der Waals surface area contributed by atoms with Gasteiger partial charge in [-0.1, -0.05) is 0 Å². The fourth-order valence-electron chi connectivity index (χ4n) is 2.76. The lowest BCUT2D eigenvalue weighted by Gasteiger charge is -2.10. The average Bonchev–Trinajstić information content (AvgIpc) is 2.48. The van der Waals surface area contributed by atoms with E-state index in [0.29, 0.717) is 5.56 Å². The molecule has 0 unspecified atom stereocenters. The van der Waals surface area contributed by atoms with E-state index < -0.39 is 11.2 Å². The maximum absolute atomic E-state index is 12.8. The molecule has 0 spiro atoms. The highest BCUT2D eigenvalue weighted by atomic mass is 16.3. The van der Waals surface area contributed by atoms with Crippen molar-refractivity contribution in [2.75, 3.05) is 0 Å². The van der Waals surface area contributed by atoms with Gasteiger partial charge in [0, 0.05) is 6.07 Å². The lowest BCUT2D eigenvalue weighted by molar-refractivity contribution is 0.100. The van der Waals surface area contributed by atoms with Gasteiger partial charge in [0.1, 0.15) is 22.6 Å². The zero-order chi connectivity index (χ0) is 17.8. The van der Waals surface area contributed by atoms with Crippen molar-refractivity contribution in [1.29, 1.82) is 0 Å². The Bertz CT molecular complexity index is 1100. The standard InChI is InChI=1S/C18H14O6/c1-7-4-12-17(23)11-5-10(8(2)19)13(21)6-14(11)24-18(12)15(9(3)20)16(7)22/h4-6,21-22H,1-3H3. The molecule has 3 rings (SSSR count). The lowest BCUT2D eigenvalue weighted by Crippen LogP contribution is -2.07. The number of hydrogen-bond donors (Lipinski definition) is 2. The summed E-state index contributed by atoms with van der Waals surface area (Å²) in [6.07, 6.45) is 0. The second-order valence-corrected chi connectivity index (χ2v) is 5.70. The third kappa shape index (κ3) is 2.15. The van der Waals surface area contributed by atoms with E-state index in [4.69, 9.17) is 4.42 Å². The summed E-state index contributed by atoms with van der Waals surface area (Å²) >= 11 is 0. The van der Waals surface area contributed by atoms with Gasteiger partial charge >= 0.3 is 0 Å². The summed E-state index contributed by atoms with van der Waals surface area (Å²) in [7, 11) is 0. The fraction of sp³-hybridized carbons (Fsp3) is 0.167. The van der Waals surface area contributed by atoms with E-state index in [2.05, 4.69) is 0 Å². The van der Waals surface area contributed by atoms with Crippen LogP contribution in [0.4, 0.5) is 0 Å². The minimum absolute atomic E-state index is 0.0106. The van der Waals surface area contributed by atoms with E-state index in [0.717, 1.165) is 6.07 Å². The van der Waals surface area contributed by atoms with Crippen LogP contribution in [0.2, 0.25) is 0 Å². The van der Waals surface area contributed by atoms with Crippen molar-refractivity contribution in [3.63, 3.8) is 0 Å². The number of hydrogen-bond acceptors (Lipinski definition) is 6. The summed E-state index contributed by atoms with van der Waals surface area (Å²) in [5, 5.41) is 20.3. The van der Waals surface area contributed by atoms with Crippen LogP contribution in [-0.4, -0.2) is 21.8 Å². The Morgan fingerprint density at radius 2 is 1.67 bits per heavy atom. The number of carbonyl (C=O) groups excluding carboxylic acids is 2. The number of aryl methyl sites for hydroxylation is 1. The Balaban J connectivity index is 2.58. The molecule has 24 heavy (non-hydrogen) atoms. The second-order valence-electron chi connectivity index (χ2n) is 5.70. The predicted octanol–water partition coefficient (Wildman–Crippen LogP) is 3.07. The number of ketones is 2. The van der Waals surface area contributed by atoms with Crippen molar-refractivity contribution in [2.24, 2.45) is 0 Å². The number of rotatable bonds is 2. The van der Waals surface area contributed by atoms with Crippen LogP contribution in [0.5, 0.6) is 11.5 Å². The number of phenols is 2. The number of aromatic hydroxyl groups is 2. The van der Waals surface area contributed by atoms with Crippen molar-refractivity contribution >= 4 is 33.5 Å². The second kappa shape index (κ2) is 5.19. The highest BCUT2D eigenvalue weighted by molar-refractivity contribution is 6.09. The van der Waals surface area contributed by atoms with Crippen LogP contribution in [-0.2, 0) is 0 Å². The van der Waals surface area contributed by atoms with Crippen molar-refractivity contribution < 1.29 is 24.2 Å². The average molecular weight is 326 g/mol. The van der Waals surface area contributed by atoms with Gasteiger partial charge in [0.05, 0.1) is 16.3 Å². The van der Waals surface area contributed by atoms with Crippen LogP contribution < -0.4 is 5.43 Å². The highest BCUT2D eigenvalue weighted by Gasteiger charge is 2.21. The Morgan fingerprint density at radius 1 is 1.00 bits per heavy atom. The predicted molar refractivity (Wildman–Crippen MR) is 88.1 cm³/mol. The van der Waals surface area contributed by atoms with Crippen LogP contribution in [0.3, 0.4) is 0 Å². The Kier molecular flexibility index (Phi) is 3.41. The molecule has 0 bridgehead atoms. The molecule has 0 amide bonds. The normalized spacial score (nSPS) is 11.1. The molecule has 6 nitrogen and oxygen atoms in total. The fourth-order valence-corrected chi connectivity index (χ4v) is 2.76. The molecule has 6 heteroatoms. The summed E-state index contributed by atoms with van der Waals surface area (Å²) in [5.41, 5.74) is -0.168. The van der Waals surface area contributed by atoms with Gasteiger partial charge in [0.15, 0.2) is 17.1 Å². The van der Waals surface area contributed by atoms with Gasteiger partial charge in [-0.15, -0.1) is 0 Å². The largest absolute Gasteiger partial charge is 0.507 e. The van der Waals surface area contributed by atoms with Gasteiger partial charge in [-0.2, -0.15) is 0 Å². The van der Waals surface area contributed by atoms with Crippen LogP contribution in [0.15, 0.2) is 27.4 Å². The van der Waals surface area contributed by atoms with Crippen LogP contribution in [0.1, 0.15) is 40.1 Å². The molecule has 3 aromatic rings. The number of carbonyl (C=O) groups is 2. The van der Waals surface area contributed by atoms with Gasteiger partial charge in [-0.05, 0) is 38.5 Å². The molecule has 0 aliphatic rings. The van der Waals surface area contributed by atoms with E-state index in [9.17, 15) is 24.6 Å². The molecule has 0 aliphatic heterocycles. The molecule has 1 heterocycles. The van der Waals surface area contributed by atoms with Gasteiger partial charge < -0.3 is 14.6 Å². The molecule has 0 atom stereocenters. The van der Waals surface area contributed by atoms with Gasteiger partial charge in [0.2, 0.25) is 5.43 Å². The molecule has 2 N–H and O–H groups in total. The topological polar surface area (TPSA) is 105 Å². The van der Waals surface area contributed by atoms with Crippen LogP contribution in [0, 0.1) is 6.92 Å². The minimum atomic E-state index is -0.451. The van der Waals surface area contributed by atoms with Crippen molar-refractivity contribution in [2.45, 2.75) is 20.8 Å². The van der Waals surface area contributed by atoms with E-state index in [1.165, 1.54) is 26.0 Å². The Labute approximate surface area is 135 Å². The molecule has 0 fully saturated rings. The van der Waals surface area contributed by atoms with Crippen molar-refractivity contribution in [3.8, 4) is 11.5 Å². The first kappa shape index (κ1) is 15.7. The summed E-state index contributed by atoms with van der Waals surface area (Å²) in [5.74, 6) is -1.41. The molecule has 122 valence electrons. The monoisotopic (exact) mass is 326 g/mol. The van der Waals surface area contributed by atoms with Crippen molar-refractivity contribution in [1.82, 2.24) is 0 Å². The van der Waals surface area contributed by atoms with E-state index >= 15 is 0 Å². The third-order valence-electron chi connectivity index (χ3n) is 3.97. The molecule has 2 aromatic carbocycles. The maximum Gasteiger partial charge on any atom is 0.200 e. The maximum atomic E-state index is 12.8. The lowest BCUT2D eigenvalue weighted by atomic mass is 10.00. The van der Waals surface area contributed by atoms with Crippen molar-refractivity contribution in [3.05, 3.63) is 45.1 Å². The molecule has 1 aromatic heterocycles. The summed E-state index contributed by atoms with van der Waals surface area (Å²) in [4.78, 5) is 36.2. The van der Waals surface area contributed by atoms with Crippen LogP contribution in [0.25, 0.3) is 21.9 Å². The van der Waals surface area contributed by atoms with Gasteiger partial charge in [-0.25, -0.2) is 0 Å². The zero-order valence-corrected chi connectivity index (χ0v) is 13.3. The number of fused-ring (bicyclic) bond motifs is 2. The van der Waals surface area contributed by atoms with Crippen LogP contribution >= 0.6 is 0 Å². The number of benzene rings is 2. The van der Waals surface area contributed by atoms with E-state index in [-0.39, 0.29) is 50.3 Å². The molecule has 0 radical (unpaired) electrons. The first-order chi connectivity index (χ1) is 11.2. The summed E-state index contributed by atoms with van der Waals surface area (Å²) in [6, 6.07) is 3.87. The molecular formula is C18H14O6. The number of phenolic OH excluding ortho intramolecular Hbond substituents is 2. The Morgan fingerprint density at radius 3 is 2.25 bits per heavy atom. The summed E-state index contributed by atoms with van der Waals surface area (Å²) in [6.45, 7) is 4.11. The zero-order valence-electron chi connectivity index (χ0n) is 13.3. The number of Topliss-reactive ketones (excluding diaryl/α,β-unsaturated/α-hetero) is 2. The SMILES string of the molecule is CC(=O)c1cc2c(=O)c3cc(C)c(O)c(C(C)=O)c3oc2cc1O. The van der Waals surface area contributed by atoms with Gasteiger partial charge in [-0.3, -0.25) is 14.4 Å². The van der Waals surface area contributed by atoms with E-state index in [1.54, 1.807) is 6.92 Å². The van der Waals surface area contributed by atoms with E-state index in [1.807, 2.05) is 0 Å². The highest BCUT2D eigenvalue weighted by Crippen LogP contribution is 2.33. The molecular weight excluding hydrogens is 312 g/mol. The first-order valence-electron chi connectivity index (χ1n) is 7.20. The Hall–Kier alpha value is -3.15.